The third kappa shape index (κ3) is 2.04. The summed E-state index contributed by atoms with van der Waals surface area (Å²) in [6.45, 7) is 0.549. The molecule has 3 aromatic rings. The van der Waals surface area contributed by atoms with E-state index in [2.05, 4.69) is 10.2 Å². The summed E-state index contributed by atoms with van der Waals surface area (Å²) < 4.78 is 15.2. The van der Waals surface area contributed by atoms with Gasteiger partial charge < -0.3 is 4.90 Å². The largest absolute Gasteiger partial charge is 0.347 e. The number of H-pyrrole nitrogens is 1. The van der Waals surface area contributed by atoms with E-state index in [0.717, 1.165) is 0 Å². The van der Waals surface area contributed by atoms with Crippen LogP contribution in [0.1, 0.15) is 28.4 Å². The summed E-state index contributed by atoms with van der Waals surface area (Å²) in [5.74, 6) is -0.571. The minimum atomic E-state index is -0.399. The van der Waals surface area contributed by atoms with E-state index >= 15 is 0 Å². The Hall–Kier alpha value is -2.96. The molecule has 1 unspecified atom stereocenters. The van der Waals surface area contributed by atoms with Gasteiger partial charge in [0.1, 0.15) is 5.82 Å². The van der Waals surface area contributed by atoms with Crippen LogP contribution in [-0.2, 0) is 0 Å². The van der Waals surface area contributed by atoms with Crippen molar-refractivity contribution in [3.05, 3.63) is 70.0 Å². The fourth-order valence-electron chi connectivity index (χ4n) is 2.95. The highest BCUT2D eigenvalue weighted by Crippen LogP contribution is 2.35. The van der Waals surface area contributed by atoms with Crippen molar-refractivity contribution in [2.45, 2.75) is 12.5 Å². The highest BCUT2D eigenvalue weighted by atomic mass is 19.1. The lowest BCUT2D eigenvalue weighted by Crippen LogP contribution is -2.45. The molecule has 6 nitrogen and oxygen atoms in total. The topological polar surface area (TPSA) is 70.5 Å². The van der Waals surface area contributed by atoms with Gasteiger partial charge in [0.2, 0.25) is 0 Å². The van der Waals surface area contributed by atoms with Crippen LogP contribution >= 0.6 is 0 Å². The van der Waals surface area contributed by atoms with Crippen LogP contribution in [0.3, 0.4) is 0 Å². The first-order valence-electron chi connectivity index (χ1n) is 7.28. The average molecular weight is 312 g/mol. The monoisotopic (exact) mass is 312 g/mol. The number of amides is 1. The molecular formula is C16H13FN4O2. The van der Waals surface area contributed by atoms with Crippen molar-refractivity contribution in [1.29, 1.82) is 0 Å². The van der Waals surface area contributed by atoms with Gasteiger partial charge in [-0.3, -0.25) is 4.79 Å². The number of hydrogen-bond donors (Lipinski definition) is 1. The number of halogens is 1. The average Bonchev–Trinajstić information content (AvgIpc) is 2.90. The maximum Gasteiger partial charge on any atom is 0.347 e. The number of nitrogens with one attached hydrogen (secondary N) is 1. The Morgan fingerprint density at radius 2 is 2.09 bits per heavy atom. The summed E-state index contributed by atoms with van der Waals surface area (Å²) in [5, 5.41) is 6.22. The minimum Gasteiger partial charge on any atom is -0.331 e. The minimum absolute atomic E-state index is 0.255. The van der Waals surface area contributed by atoms with Gasteiger partial charge in [0.05, 0.1) is 11.6 Å². The zero-order chi connectivity index (χ0) is 16.0. The highest BCUT2D eigenvalue weighted by molar-refractivity contribution is 6.00. The summed E-state index contributed by atoms with van der Waals surface area (Å²) in [6, 6.07) is 9.43. The van der Waals surface area contributed by atoms with Crippen molar-refractivity contribution >= 4 is 11.6 Å². The van der Waals surface area contributed by atoms with Crippen LogP contribution in [0, 0.1) is 5.82 Å². The van der Waals surface area contributed by atoms with Gasteiger partial charge in [0.15, 0.2) is 5.65 Å². The molecule has 0 saturated carbocycles. The van der Waals surface area contributed by atoms with Gasteiger partial charge in [0, 0.05) is 18.3 Å². The molecule has 1 atom stereocenters. The van der Waals surface area contributed by atoms with Crippen molar-refractivity contribution in [2.24, 2.45) is 0 Å². The second-order valence-corrected chi connectivity index (χ2v) is 5.47. The normalized spacial score (nSPS) is 17.3. The molecule has 1 fully saturated rings. The molecule has 0 bridgehead atoms. The molecular weight excluding hydrogens is 299 g/mol. The van der Waals surface area contributed by atoms with Crippen molar-refractivity contribution < 1.29 is 9.18 Å². The summed E-state index contributed by atoms with van der Waals surface area (Å²) in [5.41, 5.74) is 0.718. The molecule has 0 spiro atoms. The Labute approximate surface area is 130 Å². The second kappa shape index (κ2) is 5.05. The van der Waals surface area contributed by atoms with Crippen LogP contribution in [0.15, 0.2) is 47.4 Å². The summed E-state index contributed by atoms with van der Waals surface area (Å²) in [7, 11) is 0. The van der Waals surface area contributed by atoms with E-state index in [4.69, 9.17) is 0 Å². The van der Waals surface area contributed by atoms with Crippen LogP contribution in [0.25, 0.3) is 5.65 Å². The highest BCUT2D eigenvalue weighted by Gasteiger charge is 2.36. The molecule has 1 aromatic carbocycles. The number of rotatable bonds is 2. The maximum atomic E-state index is 14.0. The Bertz CT molecular complexity index is 962. The zero-order valence-corrected chi connectivity index (χ0v) is 12.1. The predicted octanol–water partition coefficient (Wildman–Crippen LogP) is 1.75. The van der Waals surface area contributed by atoms with Crippen molar-refractivity contribution in [1.82, 2.24) is 19.5 Å². The van der Waals surface area contributed by atoms with Gasteiger partial charge in [-0.15, -0.1) is 0 Å². The van der Waals surface area contributed by atoms with Gasteiger partial charge in [-0.25, -0.2) is 18.7 Å². The van der Waals surface area contributed by atoms with Crippen LogP contribution < -0.4 is 5.69 Å². The number of benzene rings is 1. The van der Waals surface area contributed by atoms with Crippen LogP contribution in [-0.4, -0.2) is 31.9 Å². The molecule has 2 aromatic heterocycles. The van der Waals surface area contributed by atoms with Crippen molar-refractivity contribution in [3.63, 3.8) is 0 Å². The van der Waals surface area contributed by atoms with Crippen molar-refractivity contribution in [2.75, 3.05) is 6.54 Å². The smallest absolute Gasteiger partial charge is 0.331 e. The molecule has 3 heterocycles. The number of pyridine rings is 1. The van der Waals surface area contributed by atoms with E-state index in [-0.39, 0.29) is 23.4 Å². The third-order valence-corrected chi connectivity index (χ3v) is 4.22. The number of aromatic amines is 1. The van der Waals surface area contributed by atoms with Gasteiger partial charge in [-0.1, -0.05) is 18.2 Å². The predicted molar refractivity (Wildman–Crippen MR) is 80.6 cm³/mol. The number of carbonyl (C=O) groups excluding carboxylic acids is 1. The molecule has 7 heteroatoms. The molecule has 1 aliphatic heterocycles. The first-order chi connectivity index (χ1) is 11.2. The zero-order valence-electron chi connectivity index (χ0n) is 12.1. The molecule has 0 aliphatic carbocycles. The van der Waals surface area contributed by atoms with Gasteiger partial charge in [0.25, 0.3) is 5.91 Å². The SMILES string of the molecule is O=C(c1cccn2c(=O)[nH]nc12)N1CCC1c1ccccc1F. The van der Waals surface area contributed by atoms with Crippen LogP contribution in [0.4, 0.5) is 4.39 Å². The lowest BCUT2D eigenvalue weighted by molar-refractivity contribution is 0.0454. The summed E-state index contributed by atoms with van der Waals surface area (Å²) >= 11 is 0. The Balaban J connectivity index is 1.72. The lowest BCUT2D eigenvalue weighted by atomic mass is 9.93. The fourth-order valence-corrected chi connectivity index (χ4v) is 2.95. The first kappa shape index (κ1) is 13.7. The summed E-state index contributed by atoms with van der Waals surface area (Å²) in [6.07, 6.45) is 2.26. The van der Waals surface area contributed by atoms with Gasteiger partial charge >= 0.3 is 5.69 Å². The standard InChI is InChI=1S/C16H13FN4O2/c17-12-6-2-1-4-10(12)13-7-9-20(13)15(22)11-5-3-8-21-14(11)18-19-16(21)23/h1-6,8,13H,7,9H2,(H,19,23). The van der Waals surface area contributed by atoms with E-state index in [1.807, 2.05) is 0 Å². The van der Waals surface area contributed by atoms with Gasteiger partial charge in [-0.2, -0.15) is 5.10 Å². The van der Waals surface area contributed by atoms with E-state index < -0.39 is 5.69 Å². The maximum absolute atomic E-state index is 14.0. The first-order valence-corrected chi connectivity index (χ1v) is 7.28. The van der Waals surface area contributed by atoms with Crippen LogP contribution in [0.5, 0.6) is 0 Å². The van der Waals surface area contributed by atoms with E-state index in [0.29, 0.717) is 24.1 Å². The molecule has 1 saturated heterocycles. The fraction of sp³-hybridized carbons (Fsp3) is 0.188. The number of carbonyl (C=O) groups is 1. The number of aromatic nitrogens is 3. The molecule has 0 radical (unpaired) electrons. The number of fused-ring (bicyclic) bond motifs is 1. The molecule has 23 heavy (non-hydrogen) atoms. The third-order valence-electron chi connectivity index (χ3n) is 4.22. The quantitative estimate of drug-likeness (QED) is 0.783. The molecule has 1 aliphatic rings. The molecule has 1 amide bonds. The lowest BCUT2D eigenvalue weighted by Gasteiger charge is -2.41. The summed E-state index contributed by atoms with van der Waals surface area (Å²) in [4.78, 5) is 26.0. The number of likely N-dealkylation sites (tertiary alicyclic amines) is 1. The Morgan fingerprint density at radius 1 is 1.26 bits per heavy atom. The van der Waals surface area contributed by atoms with E-state index in [1.165, 1.54) is 10.5 Å². The Morgan fingerprint density at radius 3 is 2.83 bits per heavy atom. The Kier molecular flexibility index (Phi) is 3.00. The van der Waals surface area contributed by atoms with E-state index in [1.54, 1.807) is 41.4 Å². The molecule has 116 valence electrons. The molecule has 1 N–H and O–H groups in total. The number of hydrogen-bond acceptors (Lipinski definition) is 3. The van der Waals surface area contributed by atoms with Gasteiger partial charge in [-0.05, 0) is 24.6 Å². The van der Waals surface area contributed by atoms with Crippen molar-refractivity contribution in [3.8, 4) is 0 Å². The van der Waals surface area contributed by atoms with E-state index in [9.17, 15) is 14.0 Å². The van der Waals surface area contributed by atoms with Crippen LogP contribution in [0.2, 0.25) is 0 Å². The number of nitrogens with zero attached hydrogens (tertiary/aromatic N) is 3. The second-order valence-electron chi connectivity index (χ2n) is 5.47. The molecule has 4 rings (SSSR count).